The molecule has 0 unspecified atom stereocenters. The molecule has 25 heavy (non-hydrogen) atoms. The first-order chi connectivity index (χ1) is 12.1. The maximum Gasteiger partial charge on any atom is 0.143 e. The number of rotatable bonds is 3. The molecule has 0 aliphatic rings. The number of pyridine rings is 1. The fourth-order valence-corrected chi connectivity index (χ4v) is 3.34. The van der Waals surface area contributed by atoms with E-state index in [9.17, 15) is 0 Å². The largest absolute Gasteiger partial charge is 0.339 e. The van der Waals surface area contributed by atoms with Crippen LogP contribution in [-0.4, -0.2) is 9.38 Å². The molecule has 124 valence electrons. The van der Waals surface area contributed by atoms with Crippen LogP contribution in [0.3, 0.4) is 0 Å². The Bertz CT molecular complexity index is 1070. The van der Waals surface area contributed by atoms with Crippen LogP contribution >= 0.6 is 27.5 Å². The number of imidazole rings is 1. The Kier molecular flexibility index (Phi) is 4.24. The lowest BCUT2D eigenvalue weighted by Gasteiger charge is -2.11. The molecule has 0 aliphatic heterocycles. The minimum absolute atomic E-state index is 0.692. The second-order valence-corrected chi connectivity index (χ2v) is 7.19. The monoisotopic (exact) mass is 411 g/mol. The van der Waals surface area contributed by atoms with Crippen molar-refractivity contribution in [1.82, 2.24) is 9.38 Å². The van der Waals surface area contributed by atoms with Crippen molar-refractivity contribution in [3.8, 4) is 11.3 Å². The van der Waals surface area contributed by atoms with Crippen molar-refractivity contribution in [3.05, 3.63) is 81.9 Å². The Hall–Kier alpha value is -2.30. The summed E-state index contributed by atoms with van der Waals surface area (Å²) in [6, 6.07) is 19.9. The molecule has 0 saturated carbocycles. The number of anilines is 2. The maximum absolute atomic E-state index is 6.19. The van der Waals surface area contributed by atoms with Crippen LogP contribution in [0.25, 0.3) is 16.9 Å². The number of fused-ring (bicyclic) bond motifs is 1. The molecule has 3 nitrogen and oxygen atoms in total. The fourth-order valence-electron chi connectivity index (χ4n) is 2.82. The van der Waals surface area contributed by atoms with Crippen LogP contribution in [-0.2, 0) is 0 Å². The fraction of sp³-hybridized carbons (Fsp3) is 0.0500. The van der Waals surface area contributed by atoms with Gasteiger partial charge in [0.25, 0.3) is 0 Å². The van der Waals surface area contributed by atoms with E-state index in [4.69, 9.17) is 16.6 Å². The SMILES string of the molecule is Cc1ccccc1Nc1c(-c2cccc(Cl)c2)nc2ccc(Br)cn12. The van der Waals surface area contributed by atoms with E-state index in [-0.39, 0.29) is 0 Å². The van der Waals surface area contributed by atoms with Crippen molar-refractivity contribution < 1.29 is 0 Å². The van der Waals surface area contributed by atoms with Gasteiger partial charge < -0.3 is 5.32 Å². The zero-order valence-corrected chi connectivity index (χ0v) is 15.8. The molecule has 0 radical (unpaired) electrons. The van der Waals surface area contributed by atoms with Gasteiger partial charge in [0, 0.05) is 26.9 Å². The number of para-hydroxylation sites is 1. The van der Waals surface area contributed by atoms with Crippen LogP contribution < -0.4 is 5.32 Å². The number of benzene rings is 2. The molecule has 4 aromatic rings. The van der Waals surface area contributed by atoms with Crippen LogP contribution in [0.15, 0.2) is 71.3 Å². The highest BCUT2D eigenvalue weighted by molar-refractivity contribution is 9.10. The summed E-state index contributed by atoms with van der Waals surface area (Å²) in [7, 11) is 0. The molecule has 0 spiro atoms. The van der Waals surface area contributed by atoms with E-state index < -0.39 is 0 Å². The summed E-state index contributed by atoms with van der Waals surface area (Å²) >= 11 is 9.74. The molecule has 4 rings (SSSR count). The number of aryl methyl sites for hydroxylation is 1. The van der Waals surface area contributed by atoms with Crippen molar-refractivity contribution in [2.24, 2.45) is 0 Å². The third-order valence-corrected chi connectivity index (χ3v) is 4.78. The molecule has 2 heterocycles. The molecular weight excluding hydrogens is 398 g/mol. The molecule has 0 fully saturated rings. The number of halogens is 2. The lowest BCUT2D eigenvalue weighted by Crippen LogP contribution is -1.98. The zero-order valence-electron chi connectivity index (χ0n) is 13.5. The molecule has 2 aromatic heterocycles. The predicted molar refractivity (Wildman–Crippen MR) is 108 cm³/mol. The number of nitrogens with zero attached hydrogens (tertiary/aromatic N) is 2. The summed E-state index contributed by atoms with van der Waals surface area (Å²) in [5.74, 6) is 0.910. The van der Waals surface area contributed by atoms with Crippen molar-refractivity contribution in [2.45, 2.75) is 6.92 Å². The van der Waals surface area contributed by atoms with Gasteiger partial charge in [-0.05, 0) is 58.7 Å². The number of hydrogen-bond acceptors (Lipinski definition) is 2. The van der Waals surface area contributed by atoms with E-state index >= 15 is 0 Å². The van der Waals surface area contributed by atoms with Crippen molar-refractivity contribution >= 4 is 44.7 Å². The molecule has 0 bridgehead atoms. The lowest BCUT2D eigenvalue weighted by molar-refractivity contribution is 1.17. The quantitative estimate of drug-likeness (QED) is 0.418. The highest BCUT2D eigenvalue weighted by Crippen LogP contribution is 2.33. The van der Waals surface area contributed by atoms with Gasteiger partial charge in [0.2, 0.25) is 0 Å². The van der Waals surface area contributed by atoms with Gasteiger partial charge in [0.15, 0.2) is 0 Å². The Morgan fingerprint density at radius 1 is 1.04 bits per heavy atom. The molecule has 0 saturated heterocycles. The lowest BCUT2D eigenvalue weighted by atomic mass is 10.1. The van der Waals surface area contributed by atoms with E-state index in [0.717, 1.165) is 32.9 Å². The Morgan fingerprint density at radius 2 is 1.88 bits per heavy atom. The summed E-state index contributed by atoms with van der Waals surface area (Å²) in [4.78, 5) is 4.81. The maximum atomic E-state index is 6.19. The smallest absolute Gasteiger partial charge is 0.143 e. The zero-order chi connectivity index (χ0) is 17.4. The van der Waals surface area contributed by atoms with Gasteiger partial charge >= 0.3 is 0 Å². The average Bonchev–Trinajstić information content (AvgIpc) is 2.95. The number of aromatic nitrogens is 2. The first-order valence-corrected chi connectivity index (χ1v) is 9.05. The summed E-state index contributed by atoms with van der Waals surface area (Å²) in [6.45, 7) is 2.08. The second-order valence-electron chi connectivity index (χ2n) is 5.83. The Morgan fingerprint density at radius 3 is 2.68 bits per heavy atom. The molecule has 0 amide bonds. The summed E-state index contributed by atoms with van der Waals surface area (Å²) in [5.41, 5.74) is 4.93. The van der Waals surface area contributed by atoms with Crippen molar-refractivity contribution in [1.29, 1.82) is 0 Å². The van der Waals surface area contributed by atoms with Crippen LogP contribution in [0.5, 0.6) is 0 Å². The molecule has 2 aromatic carbocycles. The predicted octanol–water partition coefficient (Wildman–Crippen LogP) is 6.47. The van der Waals surface area contributed by atoms with Crippen LogP contribution in [0.4, 0.5) is 11.5 Å². The molecule has 0 aliphatic carbocycles. The van der Waals surface area contributed by atoms with Gasteiger partial charge in [-0.15, -0.1) is 0 Å². The van der Waals surface area contributed by atoms with E-state index in [2.05, 4.69) is 40.3 Å². The topological polar surface area (TPSA) is 29.3 Å². The van der Waals surface area contributed by atoms with Gasteiger partial charge in [-0.1, -0.05) is 41.9 Å². The first-order valence-electron chi connectivity index (χ1n) is 7.88. The van der Waals surface area contributed by atoms with Gasteiger partial charge in [0.1, 0.15) is 17.2 Å². The normalized spacial score (nSPS) is 11.0. The highest BCUT2D eigenvalue weighted by Gasteiger charge is 2.15. The van der Waals surface area contributed by atoms with Crippen LogP contribution in [0.2, 0.25) is 5.02 Å². The van der Waals surface area contributed by atoms with Crippen molar-refractivity contribution in [2.75, 3.05) is 5.32 Å². The highest BCUT2D eigenvalue weighted by atomic mass is 79.9. The second kappa shape index (κ2) is 6.54. The molecule has 1 N–H and O–H groups in total. The van der Waals surface area contributed by atoms with E-state index in [0.29, 0.717) is 5.02 Å². The summed E-state index contributed by atoms with van der Waals surface area (Å²) in [6.07, 6.45) is 2.01. The number of hydrogen-bond donors (Lipinski definition) is 1. The van der Waals surface area contributed by atoms with Gasteiger partial charge in [-0.2, -0.15) is 0 Å². The average molecular weight is 413 g/mol. The Balaban J connectivity index is 1.94. The summed E-state index contributed by atoms with van der Waals surface area (Å²) in [5, 5.41) is 4.24. The van der Waals surface area contributed by atoms with E-state index in [1.807, 2.05) is 59.1 Å². The first kappa shape index (κ1) is 16.2. The van der Waals surface area contributed by atoms with Crippen LogP contribution in [0.1, 0.15) is 5.56 Å². The minimum atomic E-state index is 0.692. The third-order valence-electron chi connectivity index (χ3n) is 4.08. The van der Waals surface area contributed by atoms with Crippen molar-refractivity contribution in [3.63, 3.8) is 0 Å². The summed E-state index contributed by atoms with van der Waals surface area (Å²) < 4.78 is 3.04. The van der Waals surface area contributed by atoms with Gasteiger partial charge in [-0.3, -0.25) is 4.40 Å². The van der Waals surface area contributed by atoms with E-state index in [1.165, 1.54) is 5.56 Å². The van der Waals surface area contributed by atoms with E-state index in [1.54, 1.807) is 0 Å². The standard InChI is InChI=1S/C20H15BrClN3/c1-13-5-2-3-8-17(13)23-20-19(14-6-4-7-16(22)11-14)24-18-10-9-15(21)12-25(18)20/h2-12,23H,1H3. The molecule has 5 heteroatoms. The van der Waals surface area contributed by atoms with Gasteiger partial charge in [-0.25, -0.2) is 4.98 Å². The van der Waals surface area contributed by atoms with Gasteiger partial charge in [0.05, 0.1) is 0 Å². The minimum Gasteiger partial charge on any atom is -0.339 e. The van der Waals surface area contributed by atoms with Crippen LogP contribution in [0, 0.1) is 6.92 Å². The molecule has 0 atom stereocenters. The third kappa shape index (κ3) is 3.15. The molecular formula is C20H15BrClN3. The Labute approximate surface area is 159 Å². The number of nitrogens with one attached hydrogen (secondary N) is 1.